The summed E-state index contributed by atoms with van der Waals surface area (Å²) in [6.07, 6.45) is 1.56. The lowest BCUT2D eigenvalue weighted by atomic mass is 10.0. The smallest absolute Gasteiger partial charge is 0.252 e. The normalized spacial score (nSPS) is 13.9. The summed E-state index contributed by atoms with van der Waals surface area (Å²) in [5.41, 5.74) is 2.63. The number of halogens is 1. The van der Waals surface area contributed by atoms with Gasteiger partial charge < -0.3 is 9.64 Å². The molecule has 0 bridgehead atoms. The molecule has 2 aromatic rings. The summed E-state index contributed by atoms with van der Waals surface area (Å²) in [7, 11) is -2.16. The Bertz CT molecular complexity index is 929. The van der Waals surface area contributed by atoms with Crippen LogP contribution in [0.25, 0.3) is 0 Å². The number of carbonyl (C=O) groups excluding carboxylic acids is 1. The van der Waals surface area contributed by atoms with Gasteiger partial charge in [0, 0.05) is 25.0 Å². The number of rotatable bonds is 6. The third kappa shape index (κ3) is 4.84. The molecule has 0 saturated carbocycles. The van der Waals surface area contributed by atoms with Crippen LogP contribution in [0.15, 0.2) is 42.5 Å². The van der Waals surface area contributed by atoms with Gasteiger partial charge in [-0.05, 0) is 54.3 Å². The van der Waals surface area contributed by atoms with Gasteiger partial charge in [-0.2, -0.15) is 0 Å². The molecule has 6 nitrogen and oxygen atoms in total. The molecule has 0 radical (unpaired) electrons. The van der Waals surface area contributed by atoms with Gasteiger partial charge in [0.25, 0.3) is 5.91 Å². The average molecular weight is 392 g/mol. The number of anilines is 2. The molecular formula is C19H21FN2O4S. The second kappa shape index (κ2) is 8.06. The number of sulfonamides is 1. The van der Waals surface area contributed by atoms with Crippen molar-refractivity contribution in [3.63, 3.8) is 0 Å². The minimum Gasteiger partial charge on any atom is -0.375 e. The molecule has 144 valence electrons. The zero-order valence-corrected chi connectivity index (χ0v) is 15.8. The highest BCUT2D eigenvalue weighted by molar-refractivity contribution is 7.91. The largest absolute Gasteiger partial charge is 0.375 e. The molecule has 8 heteroatoms. The highest BCUT2D eigenvalue weighted by Crippen LogP contribution is 2.30. The Morgan fingerprint density at radius 1 is 1.22 bits per heavy atom. The molecule has 0 aromatic heterocycles. The first kappa shape index (κ1) is 19.3. The molecule has 27 heavy (non-hydrogen) atoms. The summed E-state index contributed by atoms with van der Waals surface area (Å²) < 4.78 is 45.2. The van der Waals surface area contributed by atoms with Gasteiger partial charge in [-0.3, -0.25) is 9.52 Å². The zero-order chi connectivity index (χ0) is 19.4. The molecule has 2 aromatic carbocycles. The summed E-state index contributed by atoms with van der Waals surface area (Å²) in [5, 5.41) is 0. The van der Waals surface area contributed by atoms with Crippen LogP contribution in [0.2, 0.25) is 0 Å². The molecular weight excluding hydrogens is 371 g/mol. The van der Waals surface area contributed by atoms with Crippen molar-refractivity contribution in [2.75, 3.05) is 29.9 Å². The Morgan fingerprint density at radius 2 is 1.96 bits per heavy atom. The summed E-state index contributed by atoms with van der Waals surface area (Å²) >= 11 is 0. The summed E-state index contributed by atoms with van der Waals surface area (Å²) in [5.74, 6) is -0.780. The first-order valence-corrected chi connectivity index (χ1v) is 10.2. The minimum absolute atomic E-state index is 0.00545. The van der Waals surface area contributed by atoms with Crippen molar-refractivity contribution < 1.29 is 22.3 Å². The lowest BCUT2D eigenvalue weighted by molar-refractivity contribution is -0.122. The second-order valence-electron chi connectivity index (χ2n) is 6.41. The van der Waals surface area contributed by atoms with Crippen LogP contribution in [0.5, 0.6) is 0 Å². The van der Waals surface area contributed by atoms with Crippen molar-refractivity contribution in [1.29, 1.82) is 0 Å². The predicted molar refractivity (Wildman–Crippen MR) is 102 cm³/mol. The number of hydrogen-bond donors (Lipinski definition) is 1. The molecule has 0 saturated heterocycles. The predicted octanol–water partition coefficient (Wildman–Crippen LogP) is 2.69. The number of aryl methyl sites for hydroxylation is 1. The third-order valence-corrected chi connectivity index (χ3v) is 5.57. The van der Waals surface area contributed by atoms with Crippen molar-refractivity contribution in [3.8, 4) is 0 Å². The van der Waals surface area contributed by atoms with E-state index in [9.17, 15) is 17.6 Å². The van der Waals surface area contributed by atoms with E-state index < -0.39 is 15.8 Å². The maximum absolute atomic E-state index is 13.0. The van der Waals surface area contributed by atoms with Gasteiger partial charge in [-0.25, -0.2) is 12.8 Å². The Kier molecular flexibility index (Phi) is 5.76. The van der Waals surface area contributed by atoms with E-state index in [1.165, 1.54) is 31.4 Å². The van der Waals surface area contributed by atoms with Crippen molar-refractivity contribution >= 4 is 27.3 Å². The number of fused-ring (bicyclic) bond motifs is 1. The number of nitrogens with zero attached hydrogens (tertiary/aromatic N) is 1. The standard InChI is InChI=1S/C19H21FN2O4S/c1-26-12-19(23)22-10-2-3-15-11-17(8-9-18(15)22)21-27(24,25)13-14-4-6-16(20)7-5-14/h4-9,11,21H,2-3,10,12-13H2,1H3. The number of benzene rings is 2. The molecule has 1 N–H and O–H groups in total. The van der Waals surface area contributed by atoms with E-state index in [0.29, 0.717) is 17.8 Å². The van der Waals surface area contributed by atoms with Gasteiger partial charge >= 0.3 is 0 Å². The Hall–Kier alpha value is -2.45. The van der Waals surface area contributed by atoms with Crippen molar-refractivity contribution in [2.24, 2.45) is 0 Å². The van der Waals surface area contributed by atoms with Gasteiger partial charge in [-0.15, -0.1) is 0 Å². The molecule has 1 aliphatic rings. The highest BCUT2D eigenvalue weighted by Gasteiger charge is 2.23. The van der Waals surface area contributed by atoms with Crippen LogP contribution in [0, 0.1) is 5.82 Å². The maximum atomic E-state index is 13.0. The fraction of sp³-hybridized carbons (Fsp3) is 0.316. The van der Waals surface area contributed by atoms with E-state index in [1.807, 2.05) is 0 Å². The van der Waals surface area contributed by atoms with Gasteiger partial charge in [0.15, 0.2) is 0 Å². The van der Waals surface area contributed by atoms with Crippen molar-refractivity contribution in [2.45, 2.75) is 18.6 Å². The fourth-order valence-corrected chi connectivity index (χ4v) is 4.33. The molecule has 0 aliphatic carbocycles. The number of ether oxygens (including phenoxy) is 1. The molecule has 0 spiro atoms. The Balaban J connectivity index is 1.76. The Labute approximate surface area is 158 Å². The molecule has 0 fully saturated rings. The highest BCUT2D eigenvalue weighted by atomic mass is 32.2. The summed E-state index contributed by atoms with van der Waals surface area (Å²) in [4.78, 5) is 13.8. The number of carbonyl (C=O) groups is 1. The van der Waals surface area contributed by atoms with Crippen LogP contribution < -0.4 is 9.62 Å². The molecule has 1 amide bonds. The van der Waals surface area contributed by atoms with Crippen LogP contribution in [0.4, 0.5) is 15.8 Å². The average Bonchev–Trinajstić information content (AvgIpc) is 2.62. The maximum Gasteiger partial charge on any atom is 0.252 e. The van der Waals surface area contributed by atoms with Crippen LogP contribution in [-0.4, -0.2) is 34.6 Å². The van der Waals surface area contributed by atoms with Gasteiger partial charge in [0.05, 0.1) is 5.75 Å². The lowest BCUT2D eigenvalue weighted by Crippen LogP contribution is -2.37. The van der Waals surface area contributed by atoms with Crippen LogP contribution in [0.1, 0.15) is 17.5 Å². The molecule has 1 aliphatic heterocycles. The first-order valence-electron chi connectivity index (χ1n) is 8.55. The lowest BCUT2D eigenvalue weighted by Gasteiger charge is -2.29. The summed E-state index contributed by atoms with van der Waals surface area (Å²) in [6.45, 7) is 0.621. The number of hydrogen-bond acceptors (Lipinski definition) is 4. The van der Waals surface area contributed by atoms with Gasteiger partial charge in [0.1, 0.15) is 12.4 Å². The van der Waals surface area contributed by atoms with E-state index in [-0.39, 0.29) is 18.3 Å². The first-order chi connectivity index (χ1) is 12.9. The minimum atomic E-state index is -3.64. The van der Waals surface area contributed by atoms with Gasteiger partial charge in [0.2, 0.25) is 10.0 Å². The van der Waals surface area contributed by atoms with E-state index in [2.05, 4.69) is 4.72 Å². The molecule has 3 rings (SSSR count). The topological polar surface area (TPSA) is 75.7 Å². The molecule has 1 heterocycles. The molecule has 0 unspecified atom stereocenters. The van der Waals surface area contributed by atoms with Crippen LogP contribution in [-0.2, 0) is 31.7 Å². The van der Waals surface area contributed by atoms with Gasteiger partial charge in [-0.1, -0.05) is 12.1 Å². The Morgan fingerprint density at radius 3 is 2.67 bits per heavy atom. The van der Waals surface area contributed by atoms with E-state index >= 15 is 0 Å². The summed E-state index contributed by atoms with van der Waals surface area (Å²) in [6, 6.07) is 10.5. The van der Waals surface area contributed by atoms with Crippen LogP contribution >= 0.6 is 0 Å². The third-order valence-electron chi connectivity index (χ3n) is 4.31. The van der Waals surface area contributed by atoms with E-state index in [0.717, 1.165) is 24.1 Å². The van der Waals surface area contributed by atoms with E-state index in [4.69, 9.17) is 4.74 Å². The SMILES string of the molecule is COCC(=O)N1CCCc2cc(NS(=O)(=O)Cc3ccc(F)cc3)ccc21. The quantitative estimate of drug-likeness (QED) is 0.820. The monoisotopic (exact) mass is 392 g/mol. The number of methoxy groups -OCH3 is 1. The number of amides is 1. The van der Waals surface area contributed by atoms with E-state index in [1.54, 1.807) is 23.1 Å². The van der Waals surface area contributed by atoms with Crippen molar-refractivity contribution in [3.05, 3.63) is 59.4 Å². The second-order valence-corrected chi connectivity index (χ2v) is 8.14. The molecule has 0 atom stereocenters. The number of nitrogens with one attached hydrogen (secondary N) is 1. The zero-order valence-electron chi connectivity index (χ0n) is 14.9. The van der Waals surface area contributed by atoms with Crippen LogP contribution in [0.3, 0.4) is 0 Å². The fourth-order valence-electron chi connectivity index (χ4n) is 3.14. The van der Waals surface area contributed by atoms with Crippen molar-refractivity contribution in [1.82, 2.24) is 0 Å².